The lowest BCUT2D eigenvalue weighted by Gasteiger charge is -2.21. The monoisotopic (exact) mass is 549 g/mol. The maximum Gasteiger partial charge on any atom is 0.488 e. The second-order valence-electron chi connectivity index (χ2n) is 6.48. The van der Waals surface area contributed by atoms with Crippen LogP contribution in [0, 0.1) is 0 Å². The summed E-state index contributed by atoms with van der Waals surface area (Å²) in [6, 6.07) is 0. The number of nitrogen functional groups attached to an aromatic ring is 1. The second kappa shape index (κ2) is 9.70. The van der Waals surface area contributed by atoms with Crippen molar-refractivity contribution in [1.82, 2.24) is 19.5 Å². The number of phosphoric acid groups is 2. The predicted molar refractivity (Wildman–Crippen MR) is 110 cm³/mol. The van der Waals surface area contributed by atoms with E-state index in [1.165, 1.54) is 17.2 Å². The lowest BCUT2D eigenvalue weighted by atomic mass is 10.2. The van der Waals surface area contributed by atoms with E-state index in [0.29, 0.717) is 11.2 Å². The molecule has 3 heterocycles. The first-order chi connectivity index (χ1) is 15.2. The van der Waals surface area contributed by atoms with Crippen molar-refractivity contribution in [3.8, 4) is 0 Å². The molecule has 2 aromatic heterocycles. The van der Waals surface area contributed by atoms with Crippen LogP contribution in [0.4, 0.5) is 5.82 Å². The molecule has 0 aliphatic carbocycles. The van der Waals surface area contributed by atoms with E-state index in [2.05, 4.69) is 39.9 Å². The number of esters is 1. The molecule has 0 bridgehead atoms. The van der Waals surface area contributed by atoms with Crippen LogP contribution in [0.5, 0.6) is 0 Å². The number of hydrogen-bond acceptors (Lipinski definition) is 13. The zero-order valence-corrected chi connectivity index (χ0v) is 20.0. The first-order valence-electron chi connectivity index (χ1n) is 8.70. The van der Waals surface area contributed by atoms with Crippen molar-refractivity contribution in [3.63, 3.8) is 0 Å². The third-order valence-corrected chi connectivity index (χ3v) is 8.42. The number of carbonyl (C=O) groups excluding carboxylic acids is 1. The van der Waals surface area contributed by atoms with Gasteiger partial charge >= 0.3 is 28.3 Å². The minimum atomic E-state index is -5.48. The van der Waals surface area contributed by atoms with Gasteiger partial charge in [-0.25, -0.2) is 28.4 Å². The Kier molecular flexibility index (Phi) is 7.70. The molecule has 0 saturated carbocycles. The molecule has 33 heavy (non-hydrogen) atoms. The van der Waals surface area contributed by atoms with Crippen molar-refractivity contribution in [1.29, 1.82) is 0 Å². The van der Waals surface area contributed by atoms with Crippen molar-refractivity contribution < 1.29 is 56.1 Å². The molecule has 2 unspecified atom stereocenters. The third-order valence-electron chi connectivity index (χ3n) is 4.01. The summed E-state index contributed by atoms with van der Waals surface area (Å²) in [6.45, 7) is -4.31. The number of rotatable bonds is 9. The minimum absolute atomic E-state index is 0.0547. The number of imidazole rings is 1. The maximum atomic E-state index is 12.0. The summed E-state index contributed by atoms with van der Waals surface area (Å²) in [5.74, 6) is -0.553. The fraction of sp³-hybridized carbons (Fsp3) is 0.500. The molecule has 1 fully saturated rings. The molecule has 5 atom stereocenters. The minimum Gasteiger partial charge on any atom is -0.460 e. The molecule has 6 N–H and O–H groups in total. The number of carbonyl (C=O) groups is 1. The number of anilines is 1. The topological polar surface area (TPSA) is 248 Å². The van der Waals surface area contributed by atoms with Gasteiger partial charge in [-0.2, -0.15) is 4.31 Å². The highest BCUT2D eigenvalue weighted by Crippen LogP contribution is 2.66. The Labute approximate surface area is 189 Å². The van der Waals surface area contributed by atoms with Crippen LogP contribution in [-0.4, -0.2) is 63.9 Å². The molecule has 184 valence electrons. The summed E-state index contributed by atoms with van der Waals surface area (Å²) in [7, 11) is -10.8. The first-order valence-corrected chi connectivity index (χ1v) is 14.3. The number of aromatic nitrogens is 4. The largest absolute Gasteiger partial charge is 0.488 e. The lowest BCUT2D eigenvalue weighted by molar-refractivity contribution is -0.150. The van der Waals surface area contributed by atoms with E-state index < -0.39 is 53.4 Å². The highest BCUT2D eigenvalue weighted by atomic mass is 32.5. The van der Waals surface area contributed by atoms with Crippen LogP contribution < -0.4 is 5.73 Å². The number of fused-ring (bicyclic) bond motifs is 1. The summed E-state index contributed by atoms with van der Waals surface area (Å²) < 4.78 is 48.5. The third kappa shape index (κ3) is 7.05. The van der Waals surface area contributed by atoms with Crippen molar-refractivity contribution >= 4 is 57.1 Å². The summed E-state index contributed by atoms with van der Waals surface area (Å²) >= 11 is 4.01. The lowest BCUT2D eigenvalue weighted by Crippen LogP contribution is -2.30. The molecule has 0 aromatic carbocycles. The van der Waals surface area contributed by atoms with Crippen LogP contribution in [0.3, 0.4) is 0 Å². The molecule has 1 aliphatic heterocycles. The number of ether oxygens (including phenoxy) is 2. The Hall–Kier alpha value is -1.39. The Bertz CT molecular complexity index is 1190. The highest BCUT2D eigenvalue weighted by Gasteiger charge is 2.43. The van der Waals surface area contributed by atoms with Crippen LogP contribution in [0.15, 0.2) is 12.7 Å². The van der Waals surface area contributed by atoms with Crippen molar-refractivity contribution in [2.45, 2.75) is 31.8 Å². The van der Waals surface area contributed by atoms with E-state index in [1.54, 1.807) is 0 Å². The number of nitrogens with zero attached hydrogens (tertiary/aromatic N) is 4. The summed E-state index contributed by atoms with van der Waals surface area (Å²) in [4.78, 5) is 60.4. The highest BCUT2D eigenvalue weighted by molar-refractivity contribution is 8.08. The molecule has 17 nitrogen and oxygen atoms in total. The van der Waals surface area contributed by atoms with Crippen molar-refractivity contribution in [2.75, 3.05) is 12.3 Å². The van der Waals surface area contributed by atoms with Gasteiger partial charge < -0.3 is 34.8 Å². The average molecular weight is 549 g/mol. The van der Waals surface area contributed by atoms with E-state index in [0.717, 1.165) is 6.92 Å². The molecule has 3 rings (SSSR count). The van der Waals surface area contributed by atoms with Gasteiger partial charge in [-0.15, -0.1) is 0 Å². The van der Waals surface area contributed by atoms with Crippen LogP contribution in [0.2, 0.25) is 0 Å². The van der Waals surface area contributed by atoms with Crippen LogP contribution in [0.25, 0.3) is 11.2 Å². The molecular weight excluding hydrogens is 531 g/mol. The van der Waals surface area contributed by atoms with E-state index in [4.69, 9.17) is 25.0 Å². The van der Waals surface area contributed by atoms with Gasteiger partial charge in [0, 0.05) is 13.3 Å². The Morgan fingerprint density at radius 1 is 1.24 bits per heavy atom. The molecule has 21 heteroatoms. The number of nitrogens with two attached hydrogens (primary N) is 1. The van der Waals surface area contributed by atoms with Crippen LogP contribution >= 0.6 is 22.4 Å². The van der Waals surface area contributed by atoms with Gasteiger partial charge in [0.1, 0.15) is 30.3 Å². The summed E-state index contributed by atoms with van der Waals surface area (Å²) in [5.41, 5.74) is 6.36. The SMILES string of the molecule is CC(=O)O[C@H]1C[C@H](n2cnc3c(N)ncnc32)O[C@@H]1COP(=O)(O)OP(=O)(O)OP(O)(O)=S. The van der Waals surface area contributed by atoms with Crippen molar-refractivity contribution in [3.05, 3.63) is 12.7 Å². The van der Waals surface area contributed by atoms with E-state index in [1.807, 2.05) is 0 Å². The van der Waals surface area contributed by atoms with Gasteiger partial charge in [-0.05, 0) is 11.8 Å². The van der Waals surface area contributed by atoms with Crippen molar-refractivity contribution in [2.24, 2.45) is 0 Å². The van der Waals surface area contributed by atoms with E-state index >= 15 is 0 Å². The summed E-state index contributed by atoms with van der Waals surface area (Å²) in [6.07, 6.45) is -0.298. The van der Waals surface area contributed by atoms with Gasteiger partial charge in [-0.3, -0.25) is 13.9 Å². The van der Waals surface area contributed by atoms with Gasteiger partial charge in [0.2, 0.25) is 0 Å². The van der Waals surface area contributed by atoms with Gasteiger partial charge in [0.25, 0.3) is 0 Å². The predicted octanol–water partition coefficient (Wildman–Crippen LogP) is 0.0874. The van der Waals surface area contributed by atoms with Crippen LogP contribution in [-0.2, 0) is 48.4 Å². The molecular formula is C12H18N5O12P3S. The quantitative estimate of drug-likeness (QED) is 0.205. The normalized spacial score (nSPS) is 24.9. The molecule has 0 radical (unpaired) electrons. The molecule has 0 spiro atoms. The van der Waals surface area contributed by atoms with Gasteiger partial charge in [-0.1, -0.05) is 0 Å². The fourth-order valence-electron chi connectivity index (χ4n) is 2.91. The zero-order valence-electron chi connectivity index (χ0n) is 16.5. The first kappa shape index (κ1) is 26.2. The Morgan fingerprint density at radius 2 is 1.94 bits per heavy atom. The molecule has 2 aromatic rings. The number of phosphoric ester groups is 1. The Balaban J connectivity index is 1.73. The average Bonchev–Trinajstić information content (AvgIpc) is 3.21. The molecule has 1 saturated heterocycles. The Morgan fingerprint density at radius 3 is 2.58 bits per heavy atom. The molecule has 0 amide bonds. The van der Waals surface area contributed by atoms with Crippen LogP contribution in [0.1, 0.15) is 19.6 Å². The number of hydrogen-bond donors (Lipinski definition) is 5. The smallest absolute Gasteiger partial charge is 0.460 e. The molecule has 1 aliphatic rings. The zero-order chi connectivity index (χ0) is 24.6. The fourth-order valence-corrected chi connectivity index (χ4v) is 6.70. The summed E-state index contributed by atoms with van der Waals surface area (Å²) in [5, 5.41) is 0. The van der Waals surface area contributed by atoms with Gasteiger partial charge in [0.15, 0.2) is 11.5 Å². The second-order valence-corrected chi connectivity index (χ2v) is 12.3. The van der Waals surface area contributed by atoms with E-state index in [9.17, 15) is 23.7 Å². The standard InChI is InChI=1S/C12H18N5O12P3S/c1-6(18)26-7-2-9(17-5-16-10-11(13)14-4-15-12(10)17)27-8(7)3-25-30(19,20)28-31(21,22)29-32(23,24)33/h4-5,7-9H,2-3H2,1H3,(H,19,20)(H,21,22)(H2,13,14,15)(H2,23,24,33)/t7-,8+,9+/m0/s1. The maximum absolute atomic E-state index is 12.0. The van der Waals surface area contributed by atoms with E-state index in [-0.39, 0.29) is 12.2 Å². The van der Waals surface area contributed by atoms with Gasteiger partial charge in [0.05, 0.1) is 12.9 Å².